The monoisotopic (exact) mass is 159 g/mol. The summed E-state index contributed by atoms with van der Waals surface area (Å²) in [5, 5.41) is 11.7. The molecule has 2 N–H and O–H groups in total. The molecule has 11 heavy (non-hydrogen) atoms. The van der Waals surface area contributed by atoms with Crippen LogP contribution in [0.4, 0.5) is 0 Å². The van der Waals surface area contributed by atoms with E-state index in [0.29, 0.717) is 0 Å². The van der Waals surface area contributed by atoms with Crippen LogP contribution in [0.15, 0.2) is 0 Å². The molecule has 0 aromatic rings. The smallest absolute Gasteiger partial charge is 0.0555 e. The maximum Gasteiger partial charge on any atom is 0.0555 e. The summed E-state index contributed by atoms with van der Waals surface area (Å²) in [5.74, 6) is 0.751. The number of aliphatic hydroxyl groups excluding tert-OH is 1. The molecule has 0 heterocycles. The van der Waals surface area contributed by atoms with Gasteiger partial charge in [-0.25, -0.2) is 0 Å². The van der Waals surface area contributed by atoms with Crippen LogP contribution in [0.5, 0.6) is 0 Å². The van der Waals surface area contributed by atoms with Crippen molar-refractivity contribution >= 4 is 0 Å². The van der Waals surface area contributed by atoms with Crippen molar-refractivity contribution < 1.29 is 5.11 Å². The van der Waals surface area contributed by atoms with Crippen molar-refractivity contribution in [1.29, 1.82) is 0 Å². The molecule has 2 heteroatoms. The number of hydrogen-bond acceptors (Lipinski definition) is 2. The number of hydrogen-bond donors (Lipinski definition) is 2. The van der Waals surface area contributed by atoms with Crippen molar-refractivity contribution in [2.75, 3.05) is 19.7 Å². The highest BCUT2D eigenvalue weighted by molar-refractivity contribution is 4.56. The van der Waals surface area contributed by atoms with Gasteiger partial charge in [-0.1, -0.05) is 26.7 Å². The Hall–Kier alpha value is -0.0800. The third-order valence-electron chi connectivity index (χ3n) is 1.83. The van der Waals surface area contributed by atoms with Gasteiger partial charge >= 0.3 is 0 Å². The minimum atomic E-state index is 0.250. The molecule has 0 spiro atoms. The van der Waals surface area contributed by atoms with E-state index in [2.05, 4.69) is 19.2 Å². The van der Waals surface area contributed by atoms with E-state index in [4.69, 9.17) is 5.11 Å². The third-order valence-corrected chi connectivity index (χ3v) is 1.83. The predicted molar refractivity (Wildman–Crippen MR) is 48.6 cm³/mol. The maximum atomic E-state index is 8.49. The number of aliphatic hydroxyl groups is 1. The lowest BCUT2D eigenvalue weighted by atomic mass is 10.0. The van der Waals surface area contributed by atoms with Crippen LogP contribution in [0.2, 0.25) is 0 Å². The molecule has 0 saturated carbocycles. The molecule has 1 atom stereocenters. The first-order chi connectivity index (χ1) is 5.31. The third kappa shape index (κ3) is 7.82. The summed E-state index contributed by atoms with van der Waals surface area (Å²) in [6, 6.07) is 0. The molecule has 0 aromatic carbocycles. The molecule has 0 aliphatic heterocycles. The quantitative estimate of drug-likeness (QED) is 0.550. The Morgan fingerprint density at radius 3 is 2.73 bits per heavy atom. The van der Waals surface area contributed by atoms with Gasteiger partial charge in [-0.05, 0) is 18.9 Å². The SMILES string of the molecule is CCCCC(C)CNCCO. The van der Waals surface area contributed by atoms with Crippen molar-refractivity contribution in [3.8, 4) is 0 Å². The zero-order valence-corrected chi connectivity index (χ0v) is 7.77. The molecular formula is C9H21NO. The van der Waals surface area contributed by atoms with Gasteiger partial charge in [0.1, 0.15) is 0 Å². The van der Waals surface area contributed by atoms with Crippen molar-refractivity contribution in [1.82, 2.24) is 5.32 Å². The minimum absolute atomic E-state index is 0.250. The predicted octanol–water partition coefficient (Wildman–Crippen LogP) is 1.39. The van der Waals surface area contributed by atoms with Crippen LogP contribution in [0.25, 0.3) is 0 Å². The van der Waals surface area contributed by atoms with Gasteiger partial charge in [0.15, 0.2) is 0 Å². The van der Waals surface area contributed by atoms with Gasteiger partial charge in [0.2, 0.25) is 0 Å². The summed E-state index contributed by atoms with van der Waals surface area (Å²) in [5.41, 5.74) is 0. The lowest BCUT2D eigenvalue weighted by molar-refractivity contribution is 0.287. The summed E-state index contributed by atoms with van der Waals surface area (Å²) in [7, 11) is 0. The molecular weight excluding hydrogens is 138 g/mol. The average Bonchev–Trinajstić information content (AvgIpc) is 2.01. The van der Waals surface area contributed by atoms with Gasteiger partial charge in [0.05, 0.1) is 6.61 Å². The van der Waals surface area contributed by atoms with Gasteiger partial charge in [0.25, 0.3) is 0 Å². The van der Waals surface area contributed by atoms with Crippen molar-refractivity contribution in [3.05, 3.63) is 0 Å². The van der Waals surface area contributed by atoms with Gasteiger partial charge in [-0.15, -0.1) is 0 Å². The zero-order valence-electron chi connectivity index (χ0n) is 7.77. The van der Waals surface area contributed by atoms with E-state index in [0.717, 1.165) is 19.0 Å². The Labute approximate surface area is 70.0 Å². The fraction of sp³-hybridized carbons (Fsp3) is 1.00. The van der Waals surface area contributed by atoms with Crippen LogP contribution in [-0.4, -0.2) is 24.8 Å². The molecule has 0 radical (unpaired) electrons. The molecule has 0 rings (SSSR count). The Kier molecular flexibility index (Phi) is 7.96. The van der Waals surface area contributed by atoms with Crippen LogP contribution >= 0.6 is 0 Å². The molecule has 0 aliphatic carbocycles. The summed E-state index contributed by atoms with van der Waals surface area (Å²) in [6.07, 6.45) is 3.90. The molecule has 0 fully saturated rings. The van der Waals surface area contributed by atoms with Crippen LogP contribution < -0.4 is 5.32 Å². The highest BCUT2D eigenvalue weighted by Crippen LogP contribution is 2.05. The fourth-order valence-corrected chi connectivity index (χ4v) is 1.08. The highest BCUT2D eigenvalue weighted by Gasteiger charge is 1.98. The van der Waals surface area contributed by atoms with E-state index in [9.17, 15) is 0 Å². The molecule has 0 aliphatic rings. The van der Waals surface area contributed by atoms with E-state index in [1.54, 1.807) is 0 Å². The van der Waals surface area contributed by atoms with Crippen molar-refractivity contribution in [2.45, 2.75) is 33.1 Å². The van der Waals surface area contributed by atoms with E-state index < -0.39 is 0 Å². The first-order valence-electron chi connectivity index (χ1n) is 4.62. The van der Waals surface area contributed by atoms with Gasteiger partial charge in [-0.3, -0.25) is 0 Å². The molecule has 1 unspecified atom stereocenters. The first kappa shape index (κ1) is 10.9. The van der Waals surface area contributed by atoms with E-state index >= 15 is 0 Å². The summed E-state index contributed by atoms with van der Waals surface area (Å²) in [6.45, 7) is 6.49. The van der Waals surface area contributed by atoms with Crippen LogP contribution in [0.1, 0.15) is 33.1 Å². The van der Waals surface area contributed by atoms with Crippen molar-refractivity contribution in [2.24, 2.45) is 5.92 Å². The number of unbranched alkanes of at least 4 members (excludes halogenated alkanes) is 1. The normalized spacial score (nSPS) is 13.4. The average molecular weight is 159 g/mol. The van der Waals surface area contributed by atoms with Gasteiger partial charge in [-0.2, -0.15) is 0 Å². The molecule has 0 amide bonds. The standard InChI is InChI=1S/C9H21NO/c1-3-4-5-9(2)8-10-6-7-11/h9-11H,3-8H2,1-2H3. The van der Waals surface area contributed by atoms with Gasteiger partial charge in [0, 0.05) is 6.54 Å². The highest BCUT2D eigenvalue weighted by atomic mass is 16.3. The second-order valence-corrected chi connectivity index (χ2v) is 3.18. The Morgan fingerprint density at radius 1 is 1.45 bits per heavy atom. The molecule has 2 nitrogen and oxygen atoms in total. The summed E-state index contributed by atoms with van der Waals surface area (Å²) >= 11 is 0. The largest absolute Gasteiger partial charge is 0.395 e. The first-order valence-corrected chi connectivity index (χ1v) is 4.62. The maximum absolute atomic E-state index is 8.49. The second-order valence-electron chi connectivity index (χ2n) is 3.18. The fourth-order valence-electron chi connectivity index (χ4n) is 1.08. The molecule has 0 saturated heterocycles. The van der Waals surface area contributed by atoms with Gasteiger partial charge < -0.3 is 10.4 Å². The Morgan fingerprint density at radius 2 is 2.18 bits per heavy atom. The molecule has 68 valence electrons. The van der Waals surface area contributed by atoms with Crippen LogP contribution in [0, 0.1) is 5.92 Å². The van der Waals surface area contributed by atoms with Crippen LogP contribution in [0.3, 0.4) is 0 Å². The zero-order chi connectivity index (χ0) is 8.53. The lowest BCUT2D eigenvalue weighted by Crippen LogP contribution is -2.24. The van der Waals surface area contributed by atoms with E-state index in [1.807, 2.05) is 0 Å². The minimum Gasteiger partial charge on any atom is -0.395 e. The van der Waals surface area contributed by atoms with E-state index in [-0.39, 0.29) is 6.61 Å². The Bertz CT molecular complexity index is 76.0. The topological polar surface area (TPSA) is 32.3 Å². The van der Waals surface area contributed by atoms with Crippen LogP contribution in [-0.2, 0) is 0 Å². The molecule has 0 aromatic heterocycles. The number of rotatable bonds is 7. The Balaban J connectivity index is 3.02. The second kappa shape index (κ2) is 8.02. The lowest BCUT2D eigenvalue weighted by Gasteiger charge is -2.10. The number of nitrogens with one attached hydrogen (secondary N) is 1. The van der Waals surface area contributed by atoms with E-state index in [1.165, 1.54) is 19.3 Å². The summed E-state index contributed by atoms with van der Waals surface area (Å²) in [4.78, 5) is 0. The summed E-state index contributed by atoms with van der Waals surface area (Å²) < 4.78 is 0. The van der Waals surface area contributed by atoms with Crippen molar-refractivity contribution in [3.63, 3.8) is 0 Å². The molecule has 0 bridgehead atoms.